The van der Waals surface area contributed by atoms with Crippen molar-refractivity contribution in [3.8, 4) is 5.75 Å². The molecule has 0 heterocycles. The molecule has 0 fully saturated rings. The van der Waals surface area contributed by atoms with Crippen LogP contribution >= 0.6 is 15.9 Å². The number of alkyl halides is 5. The van der Waals surface area contributed by atoms with Crippen LogP contribution in [0, 0.1) is 0 Å². The van der Waals surface area contributed by atoms with Crippen molar-refractivity contribution >= 4 is 39.6 Å². The van der Waals surface area contributed by atoms with Gasteiger partial charge in [-0.25, -0.2) is 4.79 Å². The molecule has 0 aliphatic heterocycles. The van der Waals surface area contributed by atoms with Crippen LogP contribution in [0.3, 0.4) is 0 Å². The van der Waals surface area contributed by atoms with E-state index in [1.807, 2.05) is 5.32 Å². The summed E-state index contributed by atoms with van der Waals surface area (Å²) in [7, 11) is 0. The van der Waals surface area contributed by atoms with Crippen molar-refractivity contribution in [2.45, 2.75) is 12.8 Å². The van der Waals surface area contributed by atoms with Crippen LogP contribution in [0.1, 0.15) is 11.1 Å². The van der Waals surface area contributed by atoms with Gasteiger partial charge in [-0.05, 0) is 36.4 Å². The van der Waals surface area contributed by atoms with Crippen molar-refractivity contribution in [1.82, 2.24) is 0 Å². The summed E-state index contributed by atoms with van der Waals surface area (Å²) in [5.74, 6) is -2.20. The van der Waals surface area contributed by atoms with E-state index in [1.54, 1.807) is 0 Å². The molecular weight excluding hydrogens is 481 g/mol. The van der Waals surface area contributed by atoms with Gasteiger partial charge in [0.2, 0.25) is 0 Å². The second kappa shape index (κ2) is 10.2. The molecule has 0 spiro atoms. The smallest absolute Gasteiger partial charge is 0.418 e. The highest BCUT2D eigenvalue weighted by Gasteiger charge is 2.33. The third-order valence-electron chi connectivity index (χ3n) is 3.44. The number of carbonyl (C=O) groups excluding carboxylic acids is 2. The molecule has 30 heavy (non-hydrogen) atoms. The lowest BCUT2D eigenvalue weighted by atomic mass is 10.1. The van der Waals surface area contributed by atoms with Gasteiger partial charge in [-0.2, -0.15) is 22.0 Å². The van der Waals surface area contributed by atoms with Gasteiger partial charge < -0.3 is 14.8 Å². The molecule has 0 radical (unpaired) electrons. The molecule has 0 aliphatic rings. The molecule has 5 nitrogen and oxygen atoms in total. The van der Waals surface area contributed by atoms with Gasteiger partial charge >= 0.3 is 18.8 Å². The number of carbonyl (C=O) groups is 2. The monoisotopic (exact) mass is 493 g/mol. The lowest BCUT2D eigenvalue weighted by Gasteiger charge is -2.13. The first-order valence-corrected chi connectivity index (χ1v) is 8.91. The number of para-hydroxylation sites is 1. The molecule has 0 bridgehead atoms. The van der Waals surface area contributed by atoms with E-state index in [-0.39, 0.29) is 11.3 Å². The lowest BCUT2D eigenvalue weighted by molar-refractivity contribution is -0.142. The van der Waals surface area contributed by atoms with E-state index in [0.717, 1.165) is 30.4 Å². The fourth-order valence-corrected chi connectivity index (χ4v) is 2.60. The van der Waals surface area contributed by atoms with Crippen molar-refractivity contribution in [3.05, 3.63) is 64.1 Å². The van der Waals surface area contributed by atoms with Crippen molar-refractivity contribution in [1.29, 1.82) is 0 Å². The van der Waals surface area contributed by atoms with E-state index in [4.69, 9.17) is 0 Å². The Bertz CT molecular complexity index is 947. The summed E-state index contributed by atoms with van der Waals surface area (Å²) in [5, 5.41) is 2.01. The fraction of sp³-hybridized carbons (Fsp3) is 0.158. The fourth-order valence-electron chi connectivity index (χ4n) is 2.22. The molecule has 0 atom stereocenters. The lowest BCUT2D eigenvalue weighted by Crippen LogP contribution is -2.22. The molecule has 0 aliphatic carbocycles. The summed E-state index contributed by atoms with van der Waals surface area (Å²) in [4.78, 5) is 23.5. The van der Waals surface area contributed by atoms with Crippen LogP contribution in [0.25, 0.3) is 6.08 Å². The Kier molecular flexibility index (Phi) is 7.93. The molecule has 11 heteroatoms. The maximum atomic E-state index is 12.9. The Morgan fingerprint density at radius 2 is 1.83 bits per heavy atom. The maximum absolute atomic E-state index is 12.9. The van der Waals surface area contributed by atoms with Crippen molar-refractivity contribution in [2.24, 2.45) is 0 Å². The number of esters is 1. The molecule has 160 valence electrons. The number of hydrogen-bond donors (Lipinski definition) is 1. The summed E-state index contributed by atoms with van der Waals surface area (Å²) >= 11 is 3.14. The summed E-state index contributed by atoms with van der Waals surface area (Å²) in [6, 6.07) is 8.43. The van der Waals surface area contributed by atoms with Crippen LogP contribution in [0.15, 0.2) is 53.0 Å². The summed E-state index contributed by atoms with van der Waals surface area (Å²) < 4.78 is 73.1. The predicted octanol–water partition coefficient (Wildman–Crippen LogP) is 5.26. The Morgan fingerprint density at radius 3 is 2.50 bits per heavy atom. The zero-order chi connectivity index (χ0) is 22.3. The zero-order valence-electron chi connectivity index (χ0n) is 14.9. The van der Waals surface area contributed by atoms with Crippen LogP contribution in [0.5, 0.6) is 5.75 Å². The molecule has 0 unspecified atom stereocenters. The average Bonchev–Trinajstić information content (AvgIpc) is 2.65. The third-order valence-corrected chi connectivity index (χ3v) is 3.93. The second-order valence-electron chi connectivity index (χ2n) is 5.59. The highest BCUT2D eigenvalue weighted by Crippen LogP contribution is 2.34. The number of hydrogen-bond acceptors (Lipinski definition) is 4. The van der Waals surface area contributed by atoms with Crippen molar-refractivity contribution in [2.75, 3.05) is 11.9 Å². The molecule has 0 saturated carbocycles. The highest BCUT2D eigenvalue weighted by atomic mass is 79.9. The maximum Gasteiger partial charge on any atom is 0.418 e. The third kappa shape index (κ3) is 7.14. The van der Waals surface area contributed by atoms with Gasteiger partial charge in [0.15, 0.2) is 6.61 Å². The minimum atomic E-state index is -4.68. The quantitative estimate of drug-likeness (QED) is 0.324. The van der Waals surface area contributed by atoms with Crippen LogP contribution in [-0.4, -0.2) is 25.1 Å². The van der Waals surface area contributed by atoms with Gasteiger partial charge in [-0.1, -0.05) is 28.1 Å². The van der Waals surface area contributed by atoms with Crippen molar-refractivity contribution < 1.29 is 41.0 Å². The van der Waals surface area contributed by atoms with Gasteiger partial charge in [0.25, 0.3) is 5.91 Å². The van der Waals surface area contributed by atoms with E-state index in [1.165, 1.54) is 24.3 Å². The summed E-state index contributed by atoms with van der Waals surface area (Å²) in [6.45, 7) is -3.93. The Hall–Kier alpha value is -2.95. The SMILES string of the molecule is O=C(COC(=O)/C=C/c1cc(Br)ccc1OC(F)F)Nc1ccccc1C(F)(F)F. The standard InChI is InChI=1S/C19H13BrF5NO4/c20-12-6-7-15(30-18(21)22)11(9-12)5-8-17(28)29-10-16(27)26-14-4-2-1-3-13(14)19(23,24)25/h1-9,18H,10H2,(H,26,27)/b8-5+. The van der Waals surface area contributed by atoms with E-state index < -0.39 is 42.5 Å². The van der Waals surface area contributed by atoms with Gasteiger partial charge in [0, 0.05) is 16.1 Å². The van der Waals surface area contributed by atoms with Crippen LogP contribution < -0.4 is 10.1 Å². The molecule has 2 aromatic carbocycles. The van der Waals surface area contributed by atoms with Crippen LogP contribution in [-0.2, 0) is 20.5 Å². The number of halogens is 6. The van der Waals surface area contributed by atoms with Crippen LogP contribution in [0.2, 0.25) is 0 Å². The first-order valence-electron chi connectivity index (χ1n) is 8.11. The van der Waals surface area contributed by atoms with E-state index in [9.17, 15) is 31.5 Å². The highest BCUT2D eigenvalue weighted by molar-refractivity contribution is 9.10. The molecule has 2 rings (SSSR count). The molecule has 0 aromatic heterocycles. The van der Waals surface area contributed by atoms with E-state index >= 15 is 0 Å². The Labute approximate surface area is 175 Å². The summed E-state index contributed by atoms with van der Waals surface area (Å²) in [6.07, 6.45) is -2.69. The van der Waals surface area contributed by atoms with E-state index in [0.29, 0.717) is 4.47 Å². The first kappa shape index (κ1) is 23.3. The molecule has 2 aromatic rings. The number of anilines is 1. The molecular formula is C19H13BrF5NO4. The molecule has 1 N–H and O–H groups in total. The molecule has 1 amide bonds. The number of nitrogens with one attached hydrogen (secondary N) is 1. The Balaban J connectivity index is 1.97. The minimum Gasteiger partial charge on any atom is -0.452 e. The van der Waals surface area contributed by atoms with Gasteiger partial charge in [0.1, 0.15) is 5.75 Å². The molecule has 0 saturated heterocycles. The van der Waals surface area contributed by atoms with Gasteiger partial charge in [-0.3, -0.25) is 4.79 Å². The number of rotatable bonds is 7. The van der Waals surface area contributed by atoms with Gasteiger partial charge in [0.05, 0.1) is 11.3 Å². The number of amides is 1. The summed E-state index contributed by atoms with van der Waals surface area (Å²) in [5.41, 5.74) is -1.40. The van der Waals surface area contributed by atoms with Crippen LogP contribution in [0.4, 0.5) is 27.6 Å². The largest absolute Gasteiger partial charge is 0.452 e. The number of benzene rings is 2. The van der Waals surface area contributed by atoms with Crippen molar-refractivity contribution in [3.63, 3.8) is 0 Å². The second-order valence-corrected chi connectivity index (χ2v) is 6.51. The predicted molar refractivity (Wildman–Crippen MR) is 101 cm³/mol. The van der Waals surface area contributed by atoms with E-state index in [2.05, 4.69) is 25.4 Å². The normalized spacial score (nSPS) is 11.6. The first-order chi connectivity index (χ1) is 14.1. The number of ether oxygens (including phenoxy) is 2. The zero-order valence-corrected chi connectivity index (χ0v) is 16.5. The Morgan fingerprint density at radius 1 is 1.13 bits per heavy atom. The topological polar surface area (TPSA) is 64.6 Å². The minimum absolute atomic E-state index is 0.130. The van der Waals surface area contributed by atoms with Gasteiger partial charge in [-0.15, -0.1) is 0 Å². The average molecular weight is 494 g/mol.